The van der Waals surface area contributed by atoms with Gasteiger partial charge in [-0.25, -0.2) is 0 Å². The van der Waals surface area contributed by atoms with Gasteiger partial charge in [-0.15, -0.1) is 0 Å². The van der Waals surface area contributed by atoms with Crippen LogP contribution in [-0.2, 0) is 14.4 Å². The van der Waals surface area contributed by atoms with Gasteiger partial charge in [0.1, 0.15) is 0 Å². The van der Waals surface area contributed by atoms with E-state index in [2.05, 4.69) is 0 Å². The molecule has 0 fully saturated rings. The number of unbranched alkanes of at least 4 members (excludes halogenated alkanes) is 2. The Morgan fingerprint density at radius 3 is 2.47 bits per heavy atom. The summed E-state index contributed by atoms with van der Waals surface area (Å²) in [6.07, 6.45) is 4.48. The number of aromatic hydroxyl groups is 1. The highest BCUT2D eigenvalue weighted by atomic mass is 16.5. The van der Waals surface area contributed by atoms with Crippen molar-refractivity contribution < 1.29 is 34.4 Å². The molecule has 3 rings (SSSR count). The van der Waals surface area contributed by atoms with Crippen molar-refractivity contribution in [3.05, 3.63) is 77.1 Å². The van der Waals surface area contributed by atoms with E-state index < -0.39 is 29.5 Å². The average Bonchev–Trinajstić information content (AvgIpc) is 3.08. The Kier molecular flexibility index (Phi) is 8.08. The number of carboxylic acids is 1. The second-order valence-corrected chi connectivity index (χ2v) is 7.91. The summed E-state index contributed by atoms with van der Waals surface area (Å²) in [7, 11) is 1.39. The van der Waals surface area contributed by atoms with Crippen molar-refractivity contribution in [3.63, 3.8) is 0 Å². The Labute approximate surface area is 197 Å². The molecule has 1 heterocycles. The molecule has 1 aliphatic rings. The van der Waals surface area contributed by atoms with E-state index in [4.69, 9.17) is 9.84 Å². The minimum atomic E-state index is -0.885. The van der Waals surface area contributed by atoms with Crippen LogP contribution in [0.1, 0.15) is 42.9 Å². The number of aliphatic hydroxyl groups is 1. The van der Waals surface area contributed by atoms with E-state index in [1.807, 2.05) is 30.3 Å². The molecule has 0 aromatic heterocycles. The number of methoxy groups -OCH3 is 1. The molecule has 0 spiro atoms. The van der Waals surface area contributed by atoms with Crippen LogP contribution in [0.4, 0.5) is 0 Å². The molecule has 0 radical (unpaired) electrons. The standard InChI is InChI=1S/C26H27NO7/c1-34-21-16-18(12-14-19(21)28)24-23(20(29)13-11-17-8-4-2-5-9-17)25(32)26(33)27(24)15-7-3-6-10-22(30)31/h2,4-5,8-9,11-14,16,24,28,32H,3,6-7,10,15H2,1H3,(H,30,31)/b13-11+. The van der Waals surface area contributed by atoms with E-state index >= 15 is 0 Å². The molecule has 0 saturated carbocycles. The number of ether oxygens (including phenoxy) is 1. The monoisotopic (exact) mass is 465 g/mol. The molecule has 2 aromatic rings. The number of phenols is 1. The maximum absolute atomic E-state index is 13.1. The topological polar surface area (TPSA) is 124 Å². The number of carbonyl (C=O) groups excluding carboxylic acids is 2. The van der Waals surface area contributed by atoms with Gasteiger partial charge in [0.2, 0.25) is 0 Å². The number of aliphatic carboxylic acids is 1. The predicted octanol–water partition coefficient (Wildman–Crippen LogP) is 4.02. The van der Waals surface area contributed by atoms with Crippen LogP contribution in [0.3, 0.4) is 0 Å². The maximum atomic E-state index is 13.1. The van der Waals surface area contributed by atoms with E-state index in [9.17, 15) is 24.6 Å². The Bertz CT molecular complexity index is 1120. The molecule has 1 amide bonds. The number of hydrogen-bond donors (Lipinski definition) is 3. The SMILES string of the molecule is COc1cc(C2C(C(=O)/C=C/c3ccccc3)=C(O)C(=O)N2CCCCCC(=O)O)ccc1O. The first-order valence-electron chi connectivity index (χ1n) is 10.9. The normalized spacial score (nSPS) is 15.9. The molecular weight excluding hydrogens is 438 g/mol. The predicted molar refractivity (Wildman–Crippen MR) is 125 cm³/mol. The Balaban J connectivity index is 1.91. The summed E-state index contributed by atoms with van der Waals surface area (Å²) in [5.74, 6) is -2.62. The summed E-state index contributed by atoms with van der Waals surface area (Å²) in [4.78, 5) is 38.2. The van der Waals surface area contributed by atoms with Gasteiger partial charge < -0.3 is 25.0 Å². The Morgan fingerprint density at radius 2 is 1.79 bits per heavy atom. The van der Waals surface area contributed by atoms with Crippen molar-refractivity contribution in [1.29, 1.82) is 0 Å². The van der Waals surface area contributed by atoms with Crippen molar-refractivity contribution in [1.82, 2.24) is 4.90 Å². The lowest BCUT2D eigenvalue weighted by molar-refractivity contribution is -0.137. The zero-order valence-electron chi connectivity index (χ0n) is 18.8. The van der Waals surface area contributed by atoms with Crippen molar-refractivity contribution in [2.75, 3.05) is 13.7 Å². The van der Waals surface area contributed by atoms with Crippen LogP contribution in [0, 0.1) is 0 Å². The van der Waals surface area contributed by atoms with Gasteiger partial charge in [-0.3, -0.25) is 14.4 Å². The number of amides is 1. The minimum absolute atomic E-state index is 0.0318. The van der Waals surface area contributed by atoms with Crippen molar-refractivity contribution in [3.8, 4) is 11.5 Å². The van der Waals surface area contributed by atoms with E-state index in [0.717, 1.165) is 5.56 Å². The maximum Gasteiger partial charge on any atom is 0.303 e. The molecule has 1 unspecified atom stereocenters. The van der Waals surface area contributed by atoms with Gasteiger partial charge in [-0.2, -0.15) is 0 Å². The van der Waals surface area contributed by atoms with Crippen LogP contribution in [0.15, 0.2) is 65.9 Å². The van der Waals surface area contributed by atoms with Crippen molar-refractivity contribution in [2.45, 2.75) is 31.7 Å². The summed E-state index contributed by atoms with van der Waals surface area (Å²) < 4.78 is 5.18. The molecule has 0 bridgehead atoms. The summed E-state index contributed by atoms with van der Waals surface area (Å²) in [5, 5.41) is 29.5. The van der Waals surface area contributed by atoms with Gasteiger partial charge in [0.05, 0.1) is 18.7 Å². The number of phenolic OH excluding ortho intramolecular Hbond substituents is 1. The highest BCUT2D eigenvalue weighted by Crippen LogP contribution is 2.40. The Morgan fingerprint density at radius 1 is 1.06 bits per heavy atom. The highest BCUT2D eigenvalue weighted by molar-refractivity contribution is 6.14. The van der Waals surface area contributed by atoms with Crippen LogP contribution in [-0.4, -0.2) is 51.5 Å². The van der Waals surface area contributed by atoms with E-state index in [1.165, 1.54) is 30.2 Å². The van der Waals surface area contributed by atoms with E-state index in [0.29, 0.717) is 24.8 Å². The smallest absolute Gasteiger partial charge is 0.303 e. The number of nitrogens with zero attached hydrogens (tertiary/aromatic N) is 1. The van der Waals surface area contributed by atoms with Gasteiger partial charge in [-0.1, -0.05) is 48.9 Å². The minimum Gasteiger partial charge on any atom is -0.504 e. The van der Waals surface area contributed by atoms with Crippen molar-refractivity contribution >= 4 is 23.7 Å². The number of ketones is 1. The number of benzene rings is 2. The van der Waals surface area contributed by atoms with Crippen molar-refractivity contribution in [2.24, 2.45) is 0 Å². The third-order valence-electron chi connectivity index (χ3n) is 5.61. The van der Waals surface area contributed by atoms with Crippen LogP contribution in [0.5, 0.6) is 11.5 Å². The van der Waals surface area contributed by atoms with Gasteiger partial charge in [0.15, 0.2) is 23.0 Å². The number of carbonyl (C=O) groups is 3. The molecule has 1 aliphatic heterocycles. The second-order valence-electron chi connectivity index (χ2n) is 7.91. The van der Waals surface area contributed by atoms with E-state index in [1.54, 1.807) is 12.1 Å². The van der Waals surface area contributed by atoms with Gasteiger partial charge in [0, 0.05) is 13.0 Å². The molecule has 0 aliphatic carbocycles. The molecule has 3 N–H and O–H groups in total. The number of hydrogen-bond acceptors (Lipinski definition) is 6. The molecule has 178 valence electrons. The van der Waals surface area contributed by atoms with Crippen LogP contribution in [0.2, 0.25) is 0 Å². The molecule has 8 heteroatoms. The molecule has 1 atom stereocenters. The summed E-state index contributed by atoms with van der Waals surface area (Å²) >= 11 is 0. The summed E-state index contributed by atoms with van der Waals surface area (Å²) in [5.41, 5.74) is 1.22. The Hall–Kier alpha value is -4.07. The first-order valence-corrected chi connectivity index (χ1v) is 10.9. The summed E-state index contributed by atoms with van der Waals surface area (Å²) in [6.45, 7) is 0.218. The number of carboxylic acid groups (broad SMARTS) is 1. The molecule has 8 nitrogen and oxygen atoms in total. The van der Waals surface area contributed by atoms with Gasteiger partial charge in [-0.05, 0) is 42.2 Å². The van der Waals surface area contributed by atoms with E-state index in [-0.39, 0.29) is 30.0 Å². The van der Waals surface area contributed by atoms with Crippen LogP contribution < -0.4 is 4.74 Å². The second kappa shape index (κ2) is 11.2. The largest absolute Gasteiger partial charge is 0.504 e. The molecular formula is C26H27NO7. The average molecular weight is 466 g/mol. The molecule has 0 saturated heterocycles. The zero-order valence-corrected chi connectivity index (χ0v) is 18.8. The fourth-order valence-electron chi connectivity index (χ4n) is 3.91. The third-order valence-corrected chi connectivity index (χ3v) is 5.61. The number of rotatable bonds is 11. The summed E-state index contributed by atoms with van der Waals surface area (Å²) in [6, 6.07) is 12.8. The number of aliphatic hydroxyl groups excluding tert-OH is 1. The van der Waals surface area contributed by atoms with Crippen LogP contribution >= 0.6 is 0 Å². The van der Waals surface area contributed by atoms with Gasteiger partial charge in [0.25, 0.3) is 5.91 Å². The first kappa shape index (κ1) is 24.6. The highest BCUT2D eigenvalue weighted by Gasteiger charge is 2.42. The number of allylic oxidation sites excluding steroid dienone is 1. The fraction of sp³-hybridized carbons (Fsp3) is 0.269. The lowest BCUT2D eigenvalue weighted by atomic mass is 9.95. The quantitative estimate of drug-likeness (QED) is 0.338. The lowest BCUT2D eigenvalue weighted by Crippen LogP contribution is -2.32. The third kappa shape index (κ3) is 5.64. The molecule has 34 heavy (non-hydrogen) atoms. The van der Waals surface area contributed by atoms with Gasteiger partial charge >= 0.3 is 5.97 Å². The zero-order chi connectivity index (χ0) is 24.7. The first-order chi connectivity index (χ1) is 16.3. The fourth-order valence-corrected chi connectivity index (χ4v) is 3.91. The molecule has 2 aromatic carbocycles. The lowest BCUT2D eigenvalue weighted by Gasteiger charge is -2.27. The van der Waals surface area contributed by atoms with Crippen LogP contribution in [0.25, 0.3) is 6.08 Å².